The SMILES string of the molecule is Cc1ccc(-n2nccn2)c(C(=O)N2CCC[C@@H](C)[C@H]2CNc2nc(C)cs2)c1. The Balaban J connectivity index is 1.61. The van der Waals surface area contributed by atoms with E-state index in [0.29, 0.717) is 23.7 Å². The molecule has 1 saturated heterocycles. The second-order valence-electron chi connectivity index (χ2n) is 7.70. The van der Waals surface area contributed by atoms with Crippen molar-refractivity contribution in [1.82, 2.24) is 24.9 Å². The van der Waals surface area contributed by atoms with Gasteiger partial charge in [0.2, 0.25) is 0 Å². The molecule has 0 aliphatic carbocycles. The molecule has 152 valence electrons. The number of aryl methyl sites for hydroxylation is 2. The van der Waals surface area contributed by atoms with E-state index in [0.717, 1.165) is 35.8 Å². The summed E-state index contributed by atoms with van der Waals surface area (Å²) in [5.74, 6) is 0.451. The van der Waals surface area contributed by atoms with Crippen LogP contribution in [-0.4, -0.2) is 49.9 Å². The standard InChI is InChI=1S/C21H26N6OS/c1-14-6-7-18(27-23-8-9-24-27)17(11-14)20(28)26-10-4-5-15(2)19(26)12-22-21-25-16(3)13-29-21/h6-9,11,13,15,19H,4-5,10,12H2,1-3H3,(H,22,25)/t15-,19-/m1/s1. The van der Waals surface area contributed by atoms with Crippen molar-refractivity contribution in [2.45, 2.75) is 39.7 Å². The fraction of sp³-hybridized carbons (Fsp3) is 0.429. The molecule has 2 aromatic heterocycles. The molecule has 7 nitrogen and oxygen atoms in total. The van der Waals surface area contributed by atoms with Gasteiger partial charge in [0, 0.05) is 18.5 Å². The van der Waals surface area contributed by atoms with Crippen LogP contribution < -0.4 is 5.32 Å². The molecule has 1 aliphatic heterocycles. The zero-order valence-electron chi connectivity index (χ0n) is 17.0. The fourth-order valence-corrected chi connectivity index (χ4v) is 4.63. The Labute approximate surface area is 174 Å². The first-order valence-corrected chi connectivity index (χ1v) is 10.8. The van der Waals surface area contributed by atoms with Crippen LogP contribution in [-0.2, 0) is 0 Å². The summed E-state index contributed by atoms with van der Waals surface area (Å²) in [5.41, 5.74) is 3.41. The number of carbonyl (C=O) groups is 1. The van der Waals surface area contributed by atoms with Crippen LogP contribution in [0.1, 0.15) is 41.4 Å². The van der Waals surface area contributed by atoms with Gasteiger partial charge < -0.3 is 10.2 Å². The monoisotopic (exact) mass is 410 g/mol. The molecule has 1 amide bonds. The average molecular weight is 411 g/mol. The highest BCUT2D eigenvalue weighted by Gasteiger charge is 2.33. The molecule has 2 atom stereocenters. The molecule has 29 heavy (non-hydrogen) atoms. The van der Waals surface area contributed by atoms with Gasteiger partial charge in [0.15, 0.2) is 5.13 Å². The lowest BCUT2D eigenvalue weighted by Crippen LogP contribution is -2.51. The van der Waals surface area contributed by atoms with Gasteiger partial charge in [0.05, 0.1) is 35.4 Å². The van der Waals surface area contributed by atoms with Gasteiger partial charge in [-0.05, 0) is 44.7 Å². The van der Waals surface area contributed by atoms with E-state index in [1.54, 1.807) is 23.7 Å². The van der Waals surface area contributed by atoms with Gasteiger partial charge in [-0.2, -0.15) is 15.0 Å². The summed E-state index contributed by atoms with van der Waals surface area (Å²) in [6.07, 6.45) is 5.38. The number of benzene rings is 1. The molecule has 1 fully saturated rings. The van der Waals surface area contributed by atoms with E-state index in [2.05, 4.69) is 27.4 Å². The normalized spacial score (nSPS) is 19.3. The first-order valence-electron chi connectivity index (χ1n) is 9.97. The number of aromatic nitrogens is 4. The second kappa shape index (κ2) is 8.32. The largest absolute Gasteiger partial charge is 0.359 e. The van der Waals surface area contributed by atoms with Crippen molar-refractivity contribution in [1.29, 1.82) is 0 Å². The molecular weight excluding hydrogens is 384 g/mol. The minimum Gasteiger partial charge on any atom is -0.359 e. The van der Waals surface area contributed by atoms with Crippen molar-refractivity contribution in [3.05, 3.63) is 52.8 Å². The van der Waals surface area contributed by atoms with Crippen LogP contribution in [0.3, 0.4) is 0 Å². The summed E-state index contributed by atoms with van der Waals surface area (Å²) in [6.45, 7) is 7.67. The Kier molecular flexibility index (Phi) is 5.62. The molecule has 4 rings (SSSR count). The molecule has 3 aromatic rings. The molecule has 0 spiro atoms. The molecule has 8 heteroatoms. The molecule has 1 N–H and O–H groups in total. The highest BCUT2D eigenvalue weighted by Crippen LogP contribution is 2.28. The van der Waals surface area contributed by atoms with Gasteiger partial charge in [-0.15, -0.1) is 11.3 Å². The number of hydrogen-bond donors (Lipinski definition) is 1. The van der Waals surface area contributed by atoms with Crippen LogP contribution in [0.2, 0.25) is 0 Å². The predicted octanol–water partition coefficient (Wildman–Crippen LogP) is 3.69. The third-order valence-corrected chi connectivity index (χ3v) is 6.39. The second-order valence-corrected chi connectivity index (χ2v) is 8.56. The van der Waals surface area contributed by atoms with Gasteiger partial charge in [-0.25, -0.2) is 4.98 Å². The summed E-state index contributed by atoms with van der Waals surface area (Å²) in [6, 6.07) is 5.95. The van der Waals surface area contributed by atoms with E-state index in [4.69, 9.17) is 0 Å². The third-order valence-electron chi connectivity index (χ3n) is 5.47. The van der Waals surface area contributed by atoms with E-state index in [9.17, 15) is 4.79 Å². The minimum absolute atomic E-state index is 0.0367. The Hall–Kier alpha value is -2.74. The maximum absolute atomic E-state index is 13.7. The Morgan fingerprint density at radius 2 is 2.07 bits per heavy atom. The number of rotatable bonds is 5. The van der Waals surface area contributed by atoms with Crippen LogP contribution >= 0.6 is 11.3 Å². The smallest absolute Gasteiger partial charge is 0.256 e. The number of hydrogen-bond acceptors (Lipinski definition) is 6. The highest BCUT2D eigenvalue weighted by atomic mass is 32.1. The average Bonchev–Trinajstić information content (AvgIpc) is 3.38. The zero-order chi connectivity index (χ0) is 20.4. The maximum Gasteiger partial charge on any atom is 0.256 e. The van der Waals surface area contributed by atoms with Crippen molar-refractivity contribution in [2.24, 2.45) is 5.92 Å². The van der Waals surface area contributed by atoms with Gasteiger partial charge >= 0.3 is 0 Å². The molecule has 0 radical (unpaired) electrons. The van der Waals surface area contributed by atoms with Crippen molar-refractivity contribution in [3.63, 3.8) is 0 Å². The van der Waals surface area contributed by atoms with Gasteiger partial charge in [-0.1, -0.05) is 18.6 Å². The van der Waals surface area contributed by atoms with Crippen molar-refractivity contribution >= 4 is 22.4 Å². The summed E-state index contributed by atoms with van der Waals surface area (Å²) >= 11 is 1.60. The molecule has 1 aliphatic rings. The van der Waals surface area contributed by atoms with Gasteiger partial charge in [-0.3, -0.25) is 4.79 Å². The number of nitrogens with one attached hydrogen (secondary N) is 1. The van der Waals surface area contributed by atoms with E-state index >= 15 is 0 Å². The molecule has 1 aromatic carbocycles. The summed E-state index contributed by atoms with van der Waals surface area (Å²) in [4.78, 5) is 21.7. The Bertz CT molecular complexity index is 983. The summed E-state index contributed by atoms with van der Waals surface area (Å²) in [7, 11) is 0. The number of carbonyl (C=O) groups excluding carboxylic acids is 1. The van der Waals surface area contributed by atoms with Crippen LogP contribution in [0.15, 0.2) is 36.0 Å². The lowest BCUT2D eigenvalue weighted by Gasteiger charge is -2.40. The van der Waals surface area contributed by atoms with Crippen LogP contribution in [0.4, 0.5) is 5.13 Å². The topological polar surface area (TPSA) is 75.9 Å². The van der Waals surface area contributed by atoms with Crippen LogP contribution in [0, 0.1) is 19.8 Å². The van der Waals surface area contributed by atoms with E-state index in [-0.39, 0.29) is 11.9 Å². The molecule has 0 saturated carbocycles. The van der Waals surface area contributed by atoms with Gasteiger partial charge in [0.1, 0.15) is 0 Å². The number of thiazole rings is 1. The number of anilines is 1. The third kappa shape index (κ3) is 4.17. The highest BCUT2D eigenvalue weighted by molar-refractivity contribution is 7.13. The number of piperidine rings is 1. The number of amides is 1. The van der Waals surface area contributed by atoms with Crippen molar-refractivity contribution < 1.29 is 4.79 Å². The lowest BCUT2D eigenvalue weighted by atomic mass is 9.90. The van der Waals surface area contributed by atoms with Gasteiger partial charge in [0.25, 0.3) is 5.91 Å². The van der Waals surface area contributed by atoms with Crippen molar-refractivity contribution in [3.8, 4) is 5.69 Å². The first kappa shape index (κ1) is 19.6. The van der Waals surface area contributed by atoms with Crippen LogP contribution in [0.5, 0.6) is 0 Å². The number of likely N-dealkylation sites (tertiary alicyclic amines) is 1. The molecule has 0 bridgehead atoms. The lowest BCUT2D eigenvalue weighted by molar-refractivity contribution is 0.0539. The maximum atomic E-state index is 13.7. The Morgan fingerprint density at radius 1 is 1.28 bits per heavy atom. The molecule has 3 heterocycles. The fourth-order valence-electron chi connectivity index (χ4n) is 3.93. The minimum atomic E-state index is 0.0367. The summed E-state index contributed by atoms with van der Waals surface area (Å²) in [5, 5.41) is 14.8. The zero-order valence-corrected chi connectivity index (χ0v) is 17.8. The molecule has 0 unspecified atom stereocenters. The Morgan fingerprint density at radius 3 is 2.79 bits per heavy atom. The van der Waals surface area contributed by atoms with E-state index in [1.807, 2.05) is 42.3 Å². The predicted molar refractivity (Wildman–Crippen MR) is 115 cm³/mol. The quantitative estimate of drug-likeness (QED) is 0.694. The first-order chi connectivity index (χ1) is 14.0. The van der Waals surface area contributed by atoms with Crippen molar-refractivity contribution in [2.75, 3.05) is 18.4 Å². The van der Waals surface area contributed by atoms with Crippen LogP contribution in [0.25, 0.3) is 5.69 Å². The molecular formula is C21H26N6OS. The number of nitrogens with zero attached hydrogens (tertiary/aromatic N) is 5. The van der Waals surface area contributed by atoms with E-state index < -0.39 is 0 Å². The van der Waals surface area contributed by atoms with E-state index in [1.165, 1.54) is 4.80 Å². The summed E-state index contributed by atoms with van der Waals surface area (Å²) < 4.78 is 0.